The molecule has 248 valence electrons. The first-order valence-electron chi connectivity index (χ1n) is 14.5. The number of carbonyl (C=O) groups is 3. The van der Waals surface area contributed by atoms with Crippen LogP contribution < -0.4 is 20.9 Å². The quantitative estimate of drug-likeness (QED) is 0.193. The lowest BCUT2D eigenvalue weighted by Crippen LogP contribution is -2.53. The fourth-order valence-corrected chi connectivity index (χ4v) is 4.29. The van der Waals surface area contributed by atoms with Crippen LogP contribution in [0.3, 0.4) is 0 Å². The second kappa shape index (κ2) is 15.1. The van der Waals surface area contributed by atoms with Crippen LogP contribution in [0, 0.1) is 11.3 Å². The lowest BCUT2D eigenvalue weighted by Gasteiger charge is -2.29. The number of rotatable bonds is 11. The van der Waals surface area contributed by atoms with Gasteiger partial charge in [0, 0.05) is 6.20 Å². The topological polar surface area (TPSA) is 136 Å². The van der Waals surface area contributed by atoms with Gasteiger partial charge < -0.3 is 24.5 Å². The number of nitrogens with one attached hydrogen (secondary N) is 2. The van der Waals surface area contributed by atoms with Gasteiger partial charge in [0.15, 0.2) is 6.10 Å². The van der Waals surface area contributed by atoms with Gasteiger partial charge in [0.05, 0.1) is 11.5 Å². The minimum atomic E-state index is -4.98. The highest BCUT2D eigenvalue weighted by molar-refractivity contribution is 5.84. The molecule has 0 bridgehead atoms. The summed E-state index contributed by atoms with van der Waals surface area (Å²) in [6.45, 7) is 7.16. The van der Waals surface area contributed by atoms with Crippen LogP contribution in [-0.2, 0) is 33.9 Å². The Kier molecular flexibility index (Phi) is 11.8. The Balaban J connectivity index is 1.90. The van der Waals surface area contributed by atoms with Gasteiger partial charge in [0.1, 0.15) is 24.6 Å². The van der Waals surface area contributed by atoms with Crippen LogP contribution in [0.4, 0.5) is 23.7 Å². The number of aliphatic hydroxyl groups is 1. The molecule has 0 fully saturated rings. The monoisotopic (exact) mass is 645 g/mol. The first-order valence-corrected chi connectivity index (χ1v) is 14.5. The molecule has 13 heteroatoms. The van der Waals surface area contributed by atoms with E-state index < -0.39 is 59.7 Å². The number of aliphatic hydroxyl groups excluding tert-OH is 1. The molecule has 2 aromatic carbocycles. The van der Waals surface area contributed by atoms with Crippen LogP contribution in [0.1, 0.15) is 51.3 Å². The van der Waals surface area contributed by atoms with Crippen molar-refractivity contribution < 1.29 is 42.1 Å². The second-order valence-electron chi connectivity index (χ2n) is 12.2. The number of halogens is 3. The van der Waals surface area contributed by atoms with Crippen LogP contribution in [-0.4, -0.2) is 46.0 Å². The number of hydrogen-bond donors (Lipinski definition) is 3. The average molecular weight is 646 g/mol. The number of carbonyl (C=O) groups excluding carboxylic acids is 3. The number of esters is 1. The van der Waals surface area contributed by atoms with Crippen molar-refractivity contribution >= 4 is 23.7 Å². The Bertz CT molecular complexity index is 1580. The summed E-state index contributed by atoms with van der Waals surface area (Å²) in [4.78, 5) is 51.2. The molecule has 3 N–H and O–H groups in total. The SMILES string of the molecule is CC(C)C(NC(=O)Cn1cc(Cc2cccc(OC(=O)C(C)(C)C)c2)cc(NC(=O)OCc2ccccc2)c1=O)C(O)C(F)(F)F. The molecule has 1 aromatic heterocycles. The second-order valence-corrected chi connectivity index (χ2v) is 12.2. The summed E-state index contributed by atoms with van der Waals surface area (Å²) in [5, 5.41) is 14.4. The predicted octanol–water partition coefficient (Wildman–Crippen LogP) is 5.20. The van der Waals surface area contributed by atoms with Crippen molar-refractivity contribution in [2.24, 2.45) is 11.3 Å². The normalized spacial score (nSPS) is 13.1. The third-order valence-corrected chi connectivity index (χ3v) is 6.76. The Hall–Kier alpha value is -4.65. The lowest BCUT2D eigenvalue weighted by molar-refractivity contribution is -0.215. The lowest BCUT2D eigenvalue weighted by atomic mass is 9.97. The maximum Gasteiger partial charge on any atom is 0.416 e. The zero-order chi connectivity index (χ0) is 34.2. The molecule has 0 saturated carbocycles. The number of anilines is 1. The van der Waals surface area contributed by atoms with Crippen LogP contribution in [0.25, 0.3) is 0 Å². The molecule has 1 heterocycles. The van der Waals surface area contributed by atoms with Crippen LogP contribution >= 0.6 is 0 Å². The van der Waals surface area contributed by atoms with Crippen molar-refractivity contribution in [2.45, 2.75) is 72.5 Å². The van der Waals surface area contributed by atoms with E-state index in [2.05, 4.69) is 10.6 Å². The summed E-state index contributed by atoms with van der Waals surface area (Å²) in [7, 11) is 0. The molecule has 0 saturated heterocycles. The van der Waals surface area contributed by atoms with E-state index in [0.29, 0.717) is 16.7 Å². The van der Waals surface area contributed by atoms with E-state index in [1.807, 2.05) is 0 Å². The molecule has 0 radical (unpaired) electrons. The molecule has 0 spiro atoms. The maximum absolute atomic E-state index is 13.3. The number of amides is 2. The Morgan fingerprint density at radius 2 is 1.59 bits per heavy atom. The highest BCUT2D eigenvalue weighted by atomic mass is 19.4. The molecular formula is C33H38F3N3O7. The van der Waals surface area contributed by atoms with Gasteiger partial charge in [-0.3, -0.25) is 19.7 Å². The molecule has 2 amide bonds. The number of hydrogen-bond acceptors (Lipinski definition) is 7. The molecule has 0 aliphatic heterocycles. The van der Waals surface area contributed by atoms with Crippen molar-refractivity contribution in [3.63, 3.8) is 0 Å². The summed E-state index contributed by atoms with van der Waals surface area (Å²) in [5.41, 5.74) is -0.0176. The van der Waals surface area contributed by atoms with Crippen LogP contribution in [0.15, 0.2) is 71.7 Å². The number of alkyl halides is 3. The zero-order valence-corrected chi connectivity index (χ0v) is 26.2. The Labute approximate surface area is 264 Å². The van der Waals surface area contributed by atoms with Gasteiger partial charge in [-0.25, -0.2) is 4.79 Å². The third-order valence-electron chi connectivity index (χ3n) is 6.76. The van der Waals surface area contributed by atoms with Crippen LogP contribution in [0.5, 0.6) is 5.75 Å². The van der Waals surface area contributed by atoms with Crippen molar-refractivity contribution in [1.29, 1.82) is 0 Å². The van der Waals surface area contributed by atoms with Crippen molar-refractivity contribution in [2.75, 3.05) is 5.32 Å². The molecule has 46 heavy (non-hydrogen) atoms. The third kappa shape index (κ3) is 10.5. The van der Waals surface area contributed by atoms with Gasteiger partial charge in [-0.2, -0.15) is 13.2 Å². The highest BCUT2D eigenvalue weighted by Gasteiger charge is 2.45. The van der Waals surface area contributed by atoms with E-state index in [0.717, 1.165) is 4.57 Å². The largest absolute Gasteiger partial charge is 0.444 e. The van der Waals surface area contributed by atoms with Gasteiger partial charge in [0.25, 0.3) is 5.56 Å². The fourth-order valence-electron chi connectivity index (χ4n) is 4.29. The predicted molar refractivity (Wildman–Crippen MR) is 164 cm³/mol. The summed E-state index contributed by atoms with van der Waals surface area (Å²) in [6, 6.07) is 15.2. The molecular weight excluding hydrogens is 607 g/mol. The highest BCUT2D eigenvalue weighted by Crippen LogP contribution is 2.26. The van der Waals surface area contributed by atoms with Crippen molar-refractivity contribution in [3.05, 3.63) is 93.9 Å². The van der Waals surface area contributed by atoms with Gasteiger partial charge in [-0.1, -0.05) is 56.3 Å². The van der Waals surface area contributed by atoms with E-state index in [-0.39, 0.29) is 24.5 Å². The van der Waals surface area contributed by atoms with Gasteiger partial charge in [0.2, 0.25) is 5.91 Å². The van der Waals surface area contributed by atoms with E-state index in [1.54, 1.807) is 75.4 Å². The first kappa shape index (κ1) is 35.8. The van der Waals surface area contributed by atoms with Gasteiger partial charge in [-0.15, -0.1) is 0 Å². The molecule has 10 nitrogen and oxygen atoms in total. The number of benzene rings is 2. The zero-order valence-electron chi connectivity index (χ0n) is 26.2. The van der Waals surface area contributed by atoms with E-state index in [4.69, 9.17) is 9.47 Å². The van der Waals surface area contributed by atoms with E-state index in [1.165, 1.54) is 26.1 Å². The molecule has 2 atom stereocenters. The number of pyridine rings is 1. The molecule has 0 aliphatic carbocycles. The Morgan fingerprint density at radius 3 is 2.20 bits per heavy atom. The van der Waals surface area contributed by atoms with Crippen LogP contribution in [0.2, 0.25) is 0 Å². The Morgan fingerprint density at radius 1 is 0.935 bits per heavy atom. The summed E-state index contributed by atoms with van der Waals surface area (Å²) >= 11 is 0. The van der Waals surface area contributed by atoms with Crippen molar-refractivity contribution in [1.82, 2.24) is 9.88 Å². The fraction of sp³-hybridized carbons (Fsp3) is 0.394. The summed E-state index contributed by atoms with van der Waals surface area (Å²) in [6.07, 6.45) is -7.26. The number of aromatic nitrogens is 1. The molecule has 3 rings (SSSR count). The maximum atomic E-state index is 13.3. The molecule has 0 aliphatic rings. The molecule has 3 aromatic rings. The minimum Gasteiger partial charge on any atom is -0.444 e. The first-order chi connectivity index (χ1) is 21.4. The summed E-state index contributed by atoms with van der Waals surface area (Å²) < 4.78 is 51.3. The van der Waals surface area contributed by atoms with Crippen molar-refractivity contribution in [3.8, 4) is 5.75 Å². The van der Waals surface area contributed by atoms with Gasteiger partial charge >= 0.3 is 18.2 Å². The van der Waals surface area contributed by atoms with Gasteiger partial charge in [-0.05, 0) is 68.0 Å². The minimum absolute atomic E-state index is 0.0822. The number of nitrogens with zero attached hydrogens (tertiary/aromatic N) is 1. The smallest absolute Gasteiger partial charge is 0.416 e. The van der Waals surface area contributed by atoms with E-state index >= 15 is 0 Å². The summed E-state index contributed by atoms with van der Waals surface area (Å²) in [5.74, 6) is -1.91. The number of ether oxygens (including phenoxy) is 2. The molecule has 2 unspecified atom stereocenters. The average Bonchev–Trinajstić information content (AvgIpc) is 2.96. The van der Waals surface area contributed by atoms with E-state index in [9.17, 15) is 37.5 Å². The standard InChI is InChI=1S/C33H38F3N3O7/c1-20(2)27(28(41)33(34,35)36)38-26(40)18-39-17-23(14-22-12-9-13-24(15-22)46-30(43)32(3,4)5)16-25(29(39)42)37-31(44)45-19-21-10-7-6-8-11-21/h6-13,15-17,20,27-28,41H,14,18-19H2,1-5H3,(H,37,44)(H,38,40).